The lowest BCUT2D eigenvalue weighted by Crippen LogP contribution is -2.58. The Morgan fingerprint density at radius 3 is 2.14 bits per heavy atom. The van der Waals surface area contributed by atoms with Crippen LogP contribution in [0, 0.1) is 0 Å². The summed E-state index contributed by atoms with van der Waals surface area (Å²) >= 11 is 3.15. The van der Waals surface area contributed by atoms with Gasteiger partial charge in [-0.1, -0.05) is 15.9 Å². The number of rotatable bonds is 2. The summed E-state index contributed by atoms with van der Waals surface area (Å²) in [7, 11) is 0. The Hall–Kier alpha value is -0.250. The SMILES string of the molecule is CC1(C)O[C@@H]2[C@H](O1)[C@H]1OC(C)(C)O[C@H]1O[C@@H]2[C@@H](Br)C(=O)O. The Morgan fingerprint density at radius 2 is 1.52 bits per heavy atom. The average molecular weight is 367 g/mol. The van der Waals surface area contributed by atoms with Crippen molar-refractivity contribution in [2.24, 2.45) is 0 Å². The number of hydrogen-bond donors (Lipinski definition) is 1. The molecule has 21 heavy (non-hydrogen) atoms. The monoisotopic (exact) mass is 366 g/mol. The number of carboxylic acids is 1. The van der Waals surface area contributed by atoms with Gasteiger partial charge in [0.05, 0.1) is 0 Å². The highest BCUT2D eigenvalue weighted by molar-refractivity contribution is 9.10. The van der Waals surface area contributed by atoms with Crippen LogP contribution in [-0.4, -0.2) is 58.2 Å². The molecule has 0 bridgehead atoms. The van der Waals surface area contributed by atoms with Crippen LogP contribution in [0.25, 0.3) is 0 Å². The first-order chi connectivity index (χ1) is 9.60. The van der Waals surface area contributed by atoms with Gasteiger partial charge in [0.15, 0.2) is 17.9 Å². The van der Waals surface area contributed by atoms with Gasteiger partial charge in [-0.05, 0) is 27.7 Å². The van der Waals surface area contributed by atoms with Crippen molar-refractivity contribution in [2.75, 3.05) is 0 Å². The van der Waals surface area contributed by atoms with Crippen molar-refractivity contribution in [1.82, 2.24) is 0 Å². The fraction of sp³-hybridized carbons (Fsp3) is 0.923. The van der Waals surface area contributed by atoms with E-state index in [0.717, 1.165) is 0 Å². The summed E-state index contributed by atoms with van der Waals surface area (Å²) in [4.78, 5) is 10.4. The molecule has 0 aromatic heterocycles. The van der Waals surface area contributed by atoms with Gasteiger partial charge in [-0.3, -0.25) is 4.79 Å². The zero-order valence-corrected chi connectivity index (χ0v) is 13.8. The van der Waals surface area contributed by atoms with E-state index < -0.39 is 53.1 Å². The molecule has 0 saturated carbocycles. The molecule has 0 aromatic rings. The van der Waals surface area contributed by atoms with Gasteiger partial charge >= 0.3 is 5.97 Å². The molecule has 3 heterocycles. The van der Waals surface area contributed by atoms with E-state index in [0.29, 0.717) is 0 Å². The molecule has 3 saturated heterocycles. The van der Waals surface area contributed by atoms with Gasteiger partial charge in [-0.25, -0.2) is 0 Å². The minimum Gasteiger partial charge on any atom is -0.480 e. The van der Waals surface area contributed by atoms with Crippen molar-refractivity contribution in [1.29, 1.82) is 0 Å². The molecule has 0 aliphatic carbocycles. The van der Waals surface area contributed by atoms with Crippen molar-refractivity contribution in [3.8, 4) is 0 Å². The van der Waals surface area contributed by atoms with E-state index in [-0.39, 0.29) is 0 Å². The van der Waals surface area contributed by atoms with Crippen molar-refractivity contribution in [3.63, 3.8) is 0 Å². The van der Waals surface area contributed by atoms with E-state index >= 15 is 0 Å². The smallest absolute Gasteiger partial charge is 0.320 e. The molecule has 8 heteroatoms. The van der Waals surface area contributed by atoms with Crippen LogP contribution in [0.4, 0.5) is 0 Å². The highest BCUT2D eigenvalue weighted by Crippen LogP contribution is 2.45. The molecule has 6 atom stereocenters. The lowest BCUT2D eigenvalue weighted by Gasteiger charge is -2.38. The maximum absolute atomic E-state index is 11.3. The number of carboxylic acid groups (broad SMARTS) is 1. The summed E-state index contributed by atoms with van der Waals surface area (Å²) < 4.78 is 29.1. The highest BCUT2D eigenvalue weighted by atomic mass is 79.9. The standard InChI is InChI=1S/C13H19BrO7/c1-12(2)18-7-6(5(14)10(15)16)17-11-9(8(7)19-12)20-13(3,4)21-11/h5-9,11H,1-4H3,(H,15,16)/t5-,6-,7+,8+,9-,11-/m1/s1. The Labute approximate surface area is 130 Å². The van der Waals surface area contributed by atoms with Crippen LogP contribution in [0.5, 0.6) is 0 Å². The lowest BCUT2D eigenvalue weighted by atomic mass is 9.97. The Balaban J connectivity index is 1.90. The molecule has 0 unspecified atom stereocenters. The van der Waals surface area contributed by atoms with Crippen LogP contribution in [-0.2, 0) is 28.5 Å². The first-order valence-electron chi connectivity index (χ1n) is 6.83. The van der Waals surface area contributed by atoms with Crippen molar-refractivity contribution in [2.45, 2.75) is 74.8 Å². The number of fused-ring (bicyclic) bond motifs is 3. The van der Waals surface area contributed by atoms with Gasteiger partial charge in [0.25, 0.3) is 0 Å². The summed E-state index contributed by atoms with van der Waals surface area (Å²) in [6.45, 7) is 7.12. The molecular weight excluding hydrogens is 348 g/mol. The van der Waals surface area contributed by atoms with Gasteiger partial charge in [-0.2, -0.15) is 0 Å². The summed E-state index contributed by atoms with van der Waals surface area (Å²) in [5.74, 6) is -2.66. The number of carbonyl (C=O) groups is 1. The minimum atomic E-state index is -1.02. The number of halogens is 1. The summed E-state index contributed by atoms with van der Waals surface area (Å²) in [5, 5.41) is 9.23. The van der Waals surface area contributed by atoms with E-state index in [1.165, 1.54) is 0 Å². The largest absolute Gasteiger partial charge is 0.480 e. The third-order valence-electron chi connectivity index (χ3n) is 3.71. The van der Waals surface area contributed by atoms with Gasteiger partial charge in [0.2, 0.25) is 0 Å². The van der Waals surface area contributed by atoms with Crippen molar-refractivity contribution < 1.29 is 33.6 Å². The first kappa shape index (κ1) is 15.6. The zero-order chi connectivity index (χ0) is 15.6. The Kier molecular flexibility index (Phi) is 3.63. The van der Waals surface area contributed by atoms with Crippen LogP contribution in [0.1, 0.15) is 27.7 Å². The summed E-state index contributed by atoms with van der Waals surface area (Å²) in [6.07, 6.45) is -2.84. The predicted octanol–water partition coefficient (Wildman–Crippen LogP) is 1.23. The second-order valence-corrected chi connectivity index (χ2v) is 7.36. The molecule has 7 nitrogen and oxygen atoms in total. The molecular formula is C13H19BrO7. The van der Waals surface area contributed by atoms with Gasteiger partial charge < -0.3 is 28.8 Å². The third-order valence-corrected chi connectivity index (χ3v) is 4.63. The predicted molar refractivity (Wildman–Crippen MR) is 72.9 cm³/mol. The fourth-order valence-corrected chi connectivity index (χ4v) is 3.44. The number of alkyl halides is 1. The molecule has 1 N–H and O–H groups in total. The Bertz CT molecular complexity index is 452. The van der Waals surface area contributed by atoms with E-state index in [9.17, 15) is 9.90 Å². The van der Waals surface area contributed by atoms with Crippen LogP contribution in [0.15, 0.2) is 0 Å². The molecule has 0 aromatic carbocycles. The second-order valence-electron chi connectivity index (χ2n) is 6.37. The van der Waals surface area contributed by atoms with Gasteiger partial charge in [0.1, 0.15) is 29.2 Å². The molecule has 3 fully saturated rings. The molecule has 3 rings (SSSR count). The van der Waals surface area contributed by atoms with Crippen molar-refractivity contribution in [3.05, 3.63) is 0 Å². The second kappa shape index (κ2) is 4.87. The molecule has 3 aliphatic rings. The highest BCUT2D eigenvalue weighted by Gasteiger charge is 2.62. The van der Waals surface area contributed by atoms with Gasteiger partial charge in [0, 0.05) is 0 Å². The fourth-order valence-electron chi connectivity index (χ4n) is 3.02. The van der Waals surface area contributed by atoms with Crippen LogP contribution >= 0.6 is 15.9 Å². The molecule has 120 valence electrons. The number of aliphatic carboxylic acids is 1. The van der Waals surface area contributed by atoms with Gasteiger partial charge in [-0.15, -0.1) is 0 Å². The minimum absolute atomic E-state index is 0.440. The maximum Gasteiger partial charge on any atom is 0.320 e. The average Bonchev–Trinajstić information content (AvgIpc) is 2.81. The van der Waals surface area contributed by atoms with Crippen LogP contribution in [0.2, 0.25) is 0 Å². The third kappa shape index (κ3) is 2.73. The normalized spacial score (nSPS) is 44.9. The Morgan fingerprint density at radius 1 is 1.00 bits per heavy atom. The molecule has 0 amide bonds. The maximum atomic E-state index is 11.3. The lowest BCUT2D eigenvalue weighted by molar-refractivity contribution is -0.233. The number of hydrogen-bond acceptors (Lipinski definition) is 6. The van der Waals surface area contributed by atoms with Crippen LogP contribution < -0.4 is 0 Å². The van der Waals surface area contributed by atoms with Crippen molar-refractivity contribution >= 4 is 21.9 Å². The first-order valence-corrected chi connectivity index (χ1v) is 7.75. The molecule has 0 spiro atoms. The summed E-state index contributed by atoms with van der Waals surface area (Å²) in [5.41, 5.74) is 0. The topological polar surface area (TPSA) is 83.5 Å². The van der Waals surface area contributed by atoms with E-state index in [4.69, 9.17) is 23.7 Å². The molecule has 0 radical (unpaired) electrons. The van der Waals surface area contributed by atoms with E-state index in [1.54, 1.807) is 27.7 Å². The number of ether oxygens (including phenoxy) is 5. The van der Waals surface area contributed by atoms with E-state index in [1.807, 2.05) is 0 Å². The van der Waals surface area contributed by atoms with Crippen LogP contribution in [0.3, 0.4) is 0 Å². The zero-order valence-electron chi connectivity index (χ0n) is 12.2. The quantitative estimate of drug-likeness (QED) is 0.735. The summed E-state index contributed by atoms with van der Waals surface area (Å²) in [6, 6.07) is 0. The molecule has 3 aliphatic heterocycles. The van der Waals surface area contributed by atoms with E-state index in [2.05, 4.69) is 15.9 Å².